The van der Waals surface area contributed by atoms with Crippen LogP contribution >= 0.6 is 11.3 Å². The van der Waals surface area contributed by atoms with Gasteiger partial charge in [-0.2, -0.15) is 0 Å². The molecule has 0 spiro atoms. The number of hydrogen-bond acceptors (Lipinski definition) is 5. The number of carbonyl (C=O) groups is 3. The number of urea groups is 1. The molecular formula is C19H20N2O4S. The predicted molar refractivity (Wildman–Crippen MR) is 101 cm³/mol. The molecule has 2 aromatic rings. The molecule has 26 heavy (non-hydrogen) atoms. The third-order valence-corrected chi connectivity index (χ3v) is 4.52. The molecule has 1 aromatic carbocycles. The van der Waals surface area contributed by atoms with E-state index in [2.05, 4.69) is 0 Å². The van der Waals surface area contributed by atoms with Crippen molar-refractivity contribution >= 4 is 35.3 Å². The fraction of sp³-hybridized carbons (Fsp3) is 0.211. The van der Waals surface area contributed by atoms with Crippen LogP contribution in [0.1, 0.15) is 18.7 Å². The third-order valence-electron chi connectivity index (χ3n) is 3.42. The summed E-state index contributed by atoms with van der Waals surface area (Å²) in [6.07, 6.45) is 1.79. The lowest BCUT2D eigenvalue weighted by Gasteiger charge is -2.18. The van der Waals surface area contributed by atoms with Crippen molar-refractivity contribution < 1.29 is 19.1 Å². The Bertz CT molecular complexity index is 812. The molecule has 0 aliphatic heterocycles. The number of ether oxygens (including phenoxy) is 1. The number of benzene rings is 1. The van der Waals surface area contributed by atoms with Gasteiger partial charge in [0.1, 0.15) is 0 Å². The van der Waals surface area contributed by atoms with Gasteiger partial charge in [0.2, 0.25) is 0 Å². The summed E-state index contributed by atoms with van der Waals surface area (Å²) in [5.41, 5.74) is 6.02. The van der Waals surface area contributed by atoms with Gasteiger partial charge < -0.3 is 10.5 Å². The molecule has 0 saturated carbocycles. The van der Waals surface area contributed by atoms with Gasteiger partial charge in [0, 0.05) is 15.8 Å². The summed E-state index contributed by atoms with van der Waals surface area (Å²) in [5, 5.41) is 1.93. The van der Waals surface area contributed by atoms with Gasteiger partial charge in [0.25, 0.3) is 5.91 Å². The smallest absolute Gasteiger partial charge is 0.331 e. The first-order valence-electron chi connectivity index (χ1n) is 8.01. The highest BCUT2D eigenvalue weighted by atomic mass is 32.1. The number of imide groups is 1. The Balaban J connectivity index is 2.01. The van der Waals surface area contributed by atoms with Crippen molar-refractivity contribution in [1.82, 2.24) is 5.32 Å². The highest BCUT2D eigenvalue weighted by molar-refractivity contribution is 7.16. The zero-order chi connectivity index (χ0) is 19.1. The van der Waals surface area contributed by atoms with Gasteiger partial charge in [0.05, 0.1) is 0 Å². The molecule has 0 aliphatic rings. The first-order chi connectivity index (χ1) is 12.4. The molecule has 1 atom stereocenters. The van der Waals surface area contributed by atoms with Gasteiger partial charge in [-0.05, 0) is 29.7 Å². The predicted octanol–water partition coefficient (Wildman–Crippen LogP) is 3.19. The van der Waals surface area contributed by atoms with Crippen molar-refractivity contribution in [1.29, 1.82) is 0 Å². The summed E-state index contributed by atoms with van der Waals surface area (Å²) in [7, 11) is 0. The Morgan fingerprint density at radius 2 is 1.81 bits per heavy atom. The molecule has 2 rings (SSSR count). The number of primary amides is 1. The maximum Gasteiger partial charge on any atom is 0.331 e. The van der Waals surface area contributed by atoms with E-state index in [9.17, 15) is 14.4 Å². The van der Waals surface area contributed by atoms with Gasteiger partial charge in [-0.3, -0.25) is 10.1 Å². The first kappa shape index (κ1) is 19.4. The minimum absolute atomic E-state index is 0.307. The van der Waals surface area contributed by atoms with Crippen molar-refractivity contribution in [3.05, 3.63) is 53.4 Å². The van der Waals surface area contributed by atoms with Crippen LogP contribution in [-0.4, -0.2) is 24.0 Å². The minimum atomic E-state index is -1.09. The molecule has 0 saturated heterocycles. The molecule has 0 fully saturated rings. The number of nitrogens with two attached hydrogens (primary N) is 1. The van der Waals surface area contributed by atoms with Crippen molar-refractivity contribution in [2.24, 2.45) is 11.7 Å². The SMILES string of the molecule is CC(C)C(OC(=O)/C=C/c1ccc(-c2ccccc2)s1)C(=O)NC(N)=O. The molecule has 136 valence electrons. The lowest BCUT2D eigenvalue weighted by atomic mass is 10.1. The molecule has 7 heteroatoms. The molecular weight excluding hydrogens is 352 g/mol. The second-order valence-electron chi connectivity index (χ2n) is 5.86. The fourth-order valence-electron chi connectivity index (χ4n) is 2.20. The van der Waals surface area contributed by atoms with Crippen molar-refractivity contribution in [2.75, 3.05) is 0 Å². The largest absolute Gasteiger partial charge is 0.449 e. The van der Waals surface area contributed by atoms with Gasteiger partial charge in [-0.1, -0.05) is 44.2 Å². The van der Waals surface area contributed by atoms with Crippen molar-refractivity contribution in [3.63, 3.8) is 0 Å². The Kier molecular flexibility index (Phi) is 6.68. The number of carbonyl (C=O) groups excluding carboxylic acids is 3. The molecule has 0 radical (unpaired) electrons. The van der Waals surface area contributed by atoms with Crippen LogP contribution in [0.2, 0.25) is 0 Å². The fourth-order valence-corrected chi connectivity index (χ4v) is 3.12. The maximum atomic E-state index is 12.0. The molecule has 6 nitrogen and oxygen atoms in total. The highest BCUT2D eigenvalue weighted by Gasteiger charge is 2.26. The van der Waals surface area contributed by atoms with Crippen LogP contribution in [0.25, 0.3) is 16.5 Å². The number of hydrogen-bond donors (Lipinski definition) is 2. The van der Waals surface area contributed by atoms with Crippen molar-refractivity contribution in [3.8, 4) is 10.4 Å². The summed E-state index contributed by atoms with van der Waals surface area (Å²) in [6, 6.07) is 12.8. The summed E-state index contributed by atoms with van der Waals surface area (Å²) >= 11 is 1.53. The number of nitrogens with one attached hydrogen (secondary N) is 1. The monoisotopic (exact) mass is 372 g/mol. The molecule has 1 unspecified atom stereocenters. The second-order valence-corrected chi connectivity index (χ2v) is 6.97. The van der Waals surface area contributed by atoms with Gasteiger partial charge in [-0.25, -0.2) is 9.59 Å². The Morgan fingerprint density at radius 1 is 1.12 bits per heavy atom. The molecule has 0 aliphatic carbocycles. The van der Waals surface area contributed by atoms with Crippen molar-refractivity contribution in [2.45, 2.75) is 20.0 Å². The summed E-state index contributed by atoms with van der Waals surface area (Å²) in [4.78, 5) is 36.6. The summed E-state index contributed by atoms with van der Waals surface area (Å²) < 4.78 is 5.15. The van der Waals surface area contributed by atoms with Gasteiger partial charge >= 0.3 is 12.0 Å². The number of thiophene rings is 1. The van der Waals surface area contributed by atoms with Crippen LogP contribution < -0.4 is 11.1 Å². The number of amides is 3. The average Bonchev–Trinajstić information content (AvgIpc) is 3.06. The van der Waals surface area contributed by atoms with Crippen LogP contribution in [-0.2, 0) is 14.3 Å². The van der Waals surface area contributed by atoms with E-state index in [0.717, 1.165) is 15.3 Å². The number of rotatable bonds is 6. The third kappa shape index (κ3) is 5.56. The van der Waals surface area contributed by atoms with Crippen LogP contribution in [0.5, 0.6) is 0 Å². The van der Waals surface area contributed by atoms with Crippen LogP contribution in [0, 0.1) is 5.92 Å². The Labute approximate surface area is 155 Å². The quantitative estimate of drug-likeness (QED) is 0.601. The summed E-state index contributed by atoms with van der Waals surface area (Å²) in [6.45, 7) is 3.40. The molecule has 3 N–H and O–H groups in total. The average molecular weight is 372 g/mol. The zero-order valence-corrected chi connectivity index (χ0v) is 15.3. The maximum absolute atomic E-state index is 12.0. The van der Waals surface area contributed by atoms with Crippen LogP contribution in [0.4, 0.5) is 4.79 Å². The Morgan fingerprint density at radius 3 is 2.42 bits per heavy atom. The lowest BCUT2D eigenvalue weighted by molar-refractivity contribution is -0.153. The van der Waals surface area contributed by atoms with Crippen LogP contribution in [0.3, 0.4) is 0 Å². The van der Waals surface area contributed by atoms with Gasteiger partial charge in [-0.15, -0.1) is 11.3 Å². The molecule has 3 amide bonds. The van der Waals surface area contributed by atoms with E-state index in [0.29, 0.717) is 0 Å². The zero-order valence-electron chi connectivity index (χ0n) is 14.5. The van der Waals surface area contributed by atoms with E-state index in [1.807, 2.05) is 47.8 Å². The standard InChI is InChI=1S/C19H20N2O4S/c1-12(2)17(18(23)21-19(20)24)25-16(22)11-9-14-8-10-15(26-14)13-6-4-3-5-7-13/h3-12,17H,1-2H3,(H3,20,21,23,24)/b11-9+. The summed E-state index contributed by atoms with van der Waals surface area (Å²) in [5.74, 6) is -1.71. The van der Waals surface area contributed by atoms with E-state index in [1.165, 1.54) is 17.4 Å². The van der Waals surface area contributed by atoms with Gasteiger partial charge in [0.15, 0.2) is 6.10 Å². The number of esters is 1. The molecule has 1 aromatic heterocycles. The molecule has 0 bridgehead atoms. The lowest BCUT2D eigenvalue weighted by Crippen LogP contribution is -2.45. The van der Waals surface area contributed by atoms with Crippen LogP contribution in [0.15, 0.2) is 48.5 Å². The molecule has 1 heterocycles. The van der Waals surface area contributed by atoms with E-state index in [-0.39, 0.29) is 5.92 Å². The highest BCUT2D eigenvalue weighted by Crippen LogP contribution is 2.28. The van der Waals surface area contributed by atoms with E-state index < -0.39 is 24.0 Å². The second kappa shape index (κ2) is 8.96. The normalized spacial score (nSPS) is 12.1. The van der Waals surface area contributed by atoms with E-state index in [4.69, 9.17) is 10.5 Å². The Hall–Kier alpha value is -2.93. The minimum Gasteiger partial charge on any atom is -0.449 e. The van der Waals surface area contributed by atoms with E-state index in [1.54, 1.807) is 19.9 Å². The van der Waals surface area contributed by atoms with E-state index >= 15 is 0 Å². The topological polar surface area (TPSA) is 98.5 Å². The first-order valence-corrected chi connectivity index (χ1v) is 8.82.